The first-order chi connectivity index (χ1) is 11.3. The van der Waals surface area contributed by atoms with Gasteiger partial charge in [-0.2, -0.15) is 0 Å². The molecular weight excluding hydrogens is 340 g/mol. The first kappa shape index (κ1) is 20.8. The van der Waals surface area contributed by atoms with E-state index in [1.165, 1.54) is 0 Å². The van der Waals surface area contributed by atoms with Crippen molar-refractivity contribution in [1.29, 1.82) is 0 Å². The standard InChI is InChI=1S/C18H34N2O4S/c1-13-14(19-25(22)17(5,6)7)18(12-23-13)8-10-20(11-9-18)15(21)24-16(2,3)4/h13-14,19H,8-12H2,1-7H3/t13-,14+,25+/m0/s1. The number of ether oxygens (including phenoxy) is 2. The fourth-order valence-corrected chi connectivity index (χ4v) is 4.44. The summed E-state index contributed by atoms with van der Waals surface area (Å²) in [5.74, 6) is 0. The highest BCUT2D eigenvalue weighted by Gasteiger charge is 2.52. The van der Waals surface area contributed by atoms with Crippen LogP contribution in [0.2, 0.25) is 0 Å². The van der Waals surface area contributed by atoms with Gasteiger partial charge < -0.3 is 18.9 Å². The number of amides is 1. The lowest BCUT2D eigenvalue weighted by Crippen LogP contribution is -2.57. The summed E-state index contributed by atoms with van der Waals surface area (Å²) in [4.78, 5) is 14.1. The maximum absolute atomic E-state index is 12.6. The zero-order valence-corrected chi connectivity index (χ0v) is 17.5. The zero-order chi connectivity index (χ0) is 19.0. The molecule has 0 saturated carbocycles. The van der Waals surface area contributed by atoms with E-state index in [0.29, 0.717) is 19.7 Å². The molecule has 6 nitrogen and oxygen atoms in total. The third-order valence-electron chi connectivity index (χ3n) is 4.96. The number of hydrogen-bond donors (Lipinski definition) is 1. The van der Waals surface area contributed by atoms with Crippen molar-refractivity contribution < 1.29 is 18.8 Å². The highest BCUT2D eigenvalue weighted by molar-refractivity contribution is 7.90. The maximum Gasteiger partial charge on any atom is 0.410 e. The summed E-state index contributed by atoms with van der Waals surface area (Å²) in [5, 5.41) is 0. The maximum atomic E-state index is 12.6. The van der Waals surface area contributed by atoms with E-state index in [9.17, 15) is 9.35 Å². The lowest BCUT2D eigenvalue weighted by Gasteiger charge is -2.43. The Kier molecular flexibility index (Phi) is 6.04. The van der Waals surface area contributed by atoms with Gasteiger partial charge >= 0.3 is 6.09 Å². The van der Waals surface area contributed by atoms with Crippen LogP contribution in [0.3, 0.4) is 0 Å². The van der Waals surface area contributed by atoms with Gasteiger partial charge in [-0.05, 0) is 61.3 Å². The molecular formula is C18H34N2O4S. The summed E-state index contributed by atoms with van der Waals surface area (Å²) in [6, 6.07) is 0.0355. The van der Waals surface area contributed by atoms with Crippen LogP contribution in [0.15, 0.2) is 0 Å². The van der Waals surface area contributed by atoms with Gasteiger partial charge in [0.15, 0.2) is 0 Å². The number of carbonyl (C=O) groups excluding carboxylic acids is 1. The second-order valence-corrected chi connectivity index (χ2v) is 11.3. The van der Waals surface area contributed by atoms with Gasteiger partial charge in [-0.3, -0.25) is 0 Å². The zero-order valence-electron chi connectivity index (χ0n) is 16.7. The van der Waals surface area contributed by atoms with Gasteiger partial charge in [0.1, 0.15) is 10.3 Å². The van der Waals surface area contributed by atoms with Gasteiger partial charge in [-0.25, -0.2) is 4.79 Å². The summed E-state index contributed by atoms with van der Waals surface area (Å²) >= 11 is -1.14. The SMILES string of the molecule is C[C@@H]1OCC2(CCN(C(=O)OC(C)(C)C)CC2)[C@@H]1N[S@+]([O-])C(C)(C)C. The molecule has 2 fully saturated rings. The minimum absolute atomic E-state index is 0.0133. The quantitative estimate of drug-likeness (QED) is 0.753. The molecule has 3 atom stereocenters. The van der Waals surface area contributed by atoms with Crippen LogP contribution in [-0.4, -0.2) is 57.7 Å². The van der Waals surface area contributed by atoms with Crippen molar-refractivity contribution in [1.82, 2.24) is 9.62 Å². The fraction of sp³-hybridized carbons (Fsp3) is 0.944. The van der Waals surface area contributed by atoms with Crippen molar-refractivity contribution >= 4 is 17.5 Å². The van der Waals surface area contributed by atoms with E-state index >= 15 is 0 Å². The van der Waals surface area contributed by atoms with Gasteiger partial charge in [-0.15, -0.1) is 4.72 Å². The number of nitrogens with zero attached hydrogens (tertiary/aromatic N) is 1. The Balaban J connectivity index is 2.01. The first-order valence-electron chi connectivity index (χ1n) is 9.12. The minimum atomic E-state index is -1.14. The number of piperidine rings is 1. The predicted molar refractivity (Wildman–Crippen MR) is 99.7 cm³/mol. The molecule has 2 aliphatic rings. The van der Waals surface area contributed by atoms with Crippen LogP contribution < -0.4 is 4.72 Å². The average molecular weight is 375 g/mol. The Morgan fingerprint density at radius 3 is 2.28 bits per heavy atom. The van der Waals surface area contributed by atoms with Crippen LogP contribution in [0.5, 0.6) is 0 Å². The number of likely N-dealkylation sites (tertiary alicyclic amines) is 1. The monoisotopic (exact) mass is 374 g/mol. The van der Waals surface area contributed by atoms with E-state index in [1.807, 2.05) is 48.5 Å². The topological polar surface area (TPSA) is 73.9 Å². The van der Waals surface area contributed by atoms with Crippen molar-refractivity contribution in [2.24, 2.45) is 5.41 Å². The van der Waals surface area contributed by atoms with Gasteiger partial charge in [0.2, 0.25) is 0 Å². The predicted octanol–water partition coefficient (Wildman–Crippen LogP) is 2.84. The van der Waals surface area contributed by atoms with E-state index < -0.39 is 17.0 Å². The molecule has 0 radical (unpaired) electrons. The van der Waals surface area contributed by atoms with Crippen LogP contribution in [-0.2, 0) is 20.8 Å². The van der Waals surface area contributed by atoms with E-state index in [1.54, 1.807) is 4.90 Å². The number of nitrogens with one attached hydrogen (secondary N) is 1. The van der Waals surface area contributed by atoms with E-state index in [-0.39, 0.29) is 28.4 Å². The second-order valence-electron chi connectivity index (χ2n) is 9.32. The van der Waals surface area contributed by atoms with Crippen LogP contribution >= 0.6 is 0 Å². The van der Waals surface area contributed by atoms with Crippen molar-refractivity contribution in [2.45, 2.75) is 83.8 Å². The Morgan fingerprint density at radius 1 is 1.24 bits per heavy atom. The molecule has 0 bridgehead atoms. The smallest absolute Gasteiger partial charge is 0.410 e. The molecule has 2 aliphatic heterocycles. The van der Waals surface area contributed by atoms with Crippen LogP contribution in [0.25, 0.3) is 0 Å². The normalized spacial score (nSPS) is 28.2. The Labute approximate surface area is 155 Å². The molecule has 1 N–H and O–H groups in total. The molecule has 1 amide bonds. The highest BCUT2D eigenvalue weighted by Crippen LogP contribution is 2.43. The van der Waals surface area contributed by atoms with E-state index in [2.05, 4.69) is 4.72 Å². The second kappa shape index (κ2) is 7.25. The molecule has 0 aromatic heterocycles. The van der Waals surface area contributed by atoms with Crippen LogP contribution in [0, 0.1) is 5.41 Å². The van der Waals surface area contributed by atoms with E-state index in [4.69, 9.17) is 9.47 Å². The molecule has 1 spiro atoms. The molecule has 25 heavy (non-hydrogen) atoms. The van der Waals surface area contributed by atoms with Gasteiger partial charge in [0.25, 0.3) is 0 Å². The minimum Gasteiger partial charge on any atom is -0.598 e. The summed E-state index contributed by atoms with van der Waals surface area (Å²) in [5.41, 5.74) is -0.552. The molecule has 0 aromatic carbocycles. The van der Waals surface area contributed by atoms with Crippen molar-refractivity contribution in [3.63, 3.8) is 0 Å². The third kappa shape index (κ3) is 5.02. The number of carbonyl (C=O) groups is 1. The lowest BCUT2D eigenvalue weighted by atomic mass is 9.73. The molecule has 2 heterocycles. The van der Waals surface area contributed by atoms with Crippen LogP contribution in [0.1, 0.15) is 61.3 Å². The fourth-order valence-electron chi connectivity index (χ4n) is 3.41. The molecule has 0 aliphatic carbocycles. The van der Waals surface area contributed by atoms with Crippen LogP contribution in [0.4, 0.5) is 4.79 Å². The third-order valence-corrected chi connectivity index (χ3v) is 6.54. The summed E-state index contributed by atoms with van der Waals surface area (Å²) in [7, 11) is 0. The lowest BCUT2D eigenvalue weighted by molar-refractivity contribution is 0.00644. The first-order valence-corrected chi connectivity index (χ1v) is 10.3. The Hall–Kier alpha value is -0.500. The molecule has 0 unspecified atom stereocenters. The highest BCUT2D eigenvalue weighted by atomic mass is 32.2. The number of rotatable bonds is 2. The van der Waals surface area contributed by atoms with Gasteiger partial charge in [0, 0.05) is 29.9 Å². The number of hydrogen-bond acceptors (Lipinski definition) is 5. The summed E-state index contributed by atoms with van der Waals surface area (Å²) in [6.45, 7) is 15.5. The van der Waals surface area contributed by atoms with E-state index in [0.717, 1.165) is 12.8 Å². The molecule has 146 valence electrons. The molecule has 0 aromatic rings. The molecule has 2 saturated heterocycles. The molecule has 7 heteroatoms. The summed E-state index contributed by atoms with van der Waals surface area (Å²) in [6.07, 6.45) is 1.42. The van der Waals surface area contributed by atoms with Crippen molar-refractivity contribution in [3.05, 3.63) is 0 Å². The summed E-state index contributed by atoms with van der Waals surface area (Å²) < 4.78 is 27.0. The van der Waals surface area contributed by atoms with Gasteiger partial charge in [-0.1, -0.05) is 0 Å². The largest absolute Gasteiger partial charge is 0.598 e. The Bertz CT molecular complexity index is 478. The van der Waals surface area contributed by atoms with Crippen molar-refractivity contribution in [3.8, 4) is 0 Å². The van der Waals surface area contributed by atoms with Gasteiger partial charge in [0.05, 0.1) is 18.8 Å². The average Bonchev–Trinajstić information content (AvgIpc) is 2.75. The van der Waals surface area contributed by atoms with Crippen molar-refractivity contribution in [2.75, 3.05) is 19.7 Å². The Morgan fingerprint density at radius 2 is 1.80 bits per heavy atom. The molecule has 2 rings (SSSR count).